The van der Waals surface area contributed by atoms with Crippen LogP contribution in [0.3, 0.4) is 0 Å². The highest BCUT2D eigenvalue weighted by Gasteiger charge is 2.35. The number of ether oxygens (including phenoxy) is 2. The Morgan fingerprint density at radius 2 is 1.86 bits per heavy atom. The molecule has 0 radical (unpaired) electrons. The number of aryl methyl sites for hydroxylation is 1. The summed E-state index contributed by atoms with van der Waals surface area (Å²) in [7, 11) is 0. The number of hydrogen-bond donors (Lipinski definition) is 0. The van der Waals surface area contributed by atoms with Crippen LogP contribution >= 0.6 is 27.7 Å². The quantitative estimate of drug-likeness (QED) is 0.474. The van der Waals surface area contributed by atoms with Gasteiger partial charge in [0.1, 0.15) is 0 Å². The van der Waals surface area contributed by atoms with Crippen LogP contribution in [-0.2, 0) is 11.3 Å². The molecule has 1 saturated heterocycles. The summed E-state index contributed by atoms with van der Waals surface area (Å²) >= 11 is 4.46. The fourth-order valence-electron chi connectivity index (χ4n) is 3.00. The number of imide groups is 1. The smallest absolute Gasteiger partial charge is 0.293 e. The van der Waals surface area contributed by atoms with E-state index in [1.165, 1.54) is 4.90 Å². The van der Waals surface area contributed by atoms with Gasteiger partial charge in [0.2, 0.25) is 0 Å². The number of amides is 2. The molecule has 1 aliphatic rings. The number of hydrogen-bond acceptors (Lipinski definition) is 5. The summed E-state index contributed by atoms with van der Waals surface area (Å²) in [6.45, 7) is 7.05. The van der Waals surface area contributed by atoms with Gasteiger partial charge in [0, 0.05) is 0 Å². The summed E-state index contributed by atoms with van der Waals surface area (Å²) in [6, 6.07) is 11.5. The third kappa shape index (κ3) is 5.03. The zero-order valence-electron chi connectivity index (χ0n) is 16.5. The average Bonchev–Trinajstić information content (AvgIpc) is 2.92. The second-order valence-corrected chi connectivity index (χ2v) is 8.30. The molecule has 1 aliphatic heterocycles. The lowest BCUT2D eigenvalue weighted by Crippen LogP contribution is -2.27. The van der Waals surface area contributed by atoms with Crippen molar-refractivity contribution < 1.29 is 19.1 Å². The van der Waals surface area contributed by atoms with Crippen molar-refractivity contribution in [3.8, 4) is 11.5 Å². The minimum Gasteiger partial charge on any atom is -0.490 e. The largest absolute Gasteiger partial charge is 0.490 e. The Hall–Kier alpha value is -2.25. The molecule has 2 amide bonds. The molecule has 0 spiro atoms. The van der Waals surface area contributed by atoms with Gasteiger partial charge in [-0.2, -0.15) is 0 Å². The molecule has 1 heterocycles. The Morgan fingerprint density at radius 1 is 1.10 bits per heavy atom. The number of rotatable bonds is 7. The zero-order chi connectivity index (χ0) is 21.0. The van der Waals surface area contributed by atoms with Gasteiger partial charge in [0.15, 0.2) is 11.5 Å². The van der Waals surface area contributed by atoms with E-state index in [1.54, 1.807) is 6.08 Å². The van der Waals surface area contributed by atoms with Crippen molar-refractivity contribution in [1.29, 1.82) is 0 Å². The first-order chi connectivity index (χ1) is 13.9. The van der Waals surface area contributed by atoms with Crippen molar-refractivity contribution in [2.24, 2.45) is 0 Å². The molecule has 0 atom stereocenters. The van der Waals surface area contributed by atoms with E-state index in [4.69, 9.17) is 9.47 Å². The molecule has 0 N–H and O–H groups in total. The van der Waals surface area contributed by atoms with E-state index in [-0.39, 0.29) is 17.7 Å². The lowest BCUT2D eigenvalue weighted by molar-refractivity contribution is -0.123. The second-order valence-electron chi connectivity index (χ2n) is 6.45. The molecule has 2 aromatic rings. The normalized spacial score (nSPS) is 15.3. The standard InChI is InChI=1S/C22H22BrNO4S/c1-4-27-18-11-16(10-17(23)20(18)28-5-2)12-19-21(25)24(22(26)29-19)13-15-8-6-7-14(3)9-15/h6-12H,4-5,13H2,1-3H3/b19-12+. The van der Waals surface area contributed by atoms with E-state index in [1.807, 2.05) is 57.2 Å². The van der Waals surface area contributed by atoms with Crippen LogP contribution in [0.4, 0.5) is 4.79 Å². The van der Waals surface area contributed by atoms with Crippen LogP contribution in [0.2, 0.25) is 0 Å². The molecule has 3 rings (SSSR count). The second kappa shape index (κ2) is 9.50. The van der Waals surface area contributed by atoms with Crippen molar-refractivity contribution in [2.45, 2.75) is 27.3 Å². The molecule has 5 nitrogen and oxygen atoms in total. The van der Waals surface area contributed by atoms with Gasteiger partial charge >= 0.3 is 0 Å². The molecule has 29 heavy (non-hydrogen) atoms. The van der Waals surface area contributed by atoms with Gasteiger partial charge in [-0.25, -0.2) is 0 Å². The molecule has 2 aromatic carbocycles. The summed E-state index contributed by atoms with van der Waals surface area (Å²) in [5.41, 5.74) is 2.77. The van der Waals surface area contributed by atoms with Gasteiger partial charge < -0.3 is 9.47 Å². The van der Waals surface area contributed by atoms with E-state index >= 15 is 0 Å². The van der Waals surface area contributed by atoms with E-state index in [0.717, 1.165) is 32.9 Å². The minimum absolute atomic E-state index is 0.265. The van der Waals surface area contributed by atoms with Crippen LogP contribution in [0, 0.1) is 6.92 Å². The molecular weight excluding hydrogens is 454 g/mol. The van der Waals surface area contributed by atoms with Gasteiger partial charge in [-0.3, -0.25) is 14.5 Å². The topological polar surface area (TPSA) is 55.8 Å². The Balaban J connectivity index is 1.87. The van der Waals surface area contributed by atoms with Crippen LogP contribution in [0.25, 0.3) is 6.08 Å². The number of carbonyl (C=O) groups is 2. The van der Waals surface area contributed by atoms with Crippen molar-refractivity contribution >= 4 is 44.9 Å². The maximum atomic E-state index is 12.8. The lowest BCUT2D eigenvalue weighted by atomic mass is 10.1. The van der Waals surface area contributed by atoms with Gasteiger partial charge in [0.25, 0.3) is 11.1 Å². The molecule has 152 valence electrons. The summed E-state index contributed by atoms with van der Waals surface area (Å²) in [5.74, 6) is 0.928. The van der Waals surface area contributed by atoms with Crippen LogP contribution < -0.4 is 9.47 Å². The Labute approximate surface area is 183 Å². The van der Waals surface area contributed by atoms with Crippen LogP contribution in [0.5, 0.6) is 11.5 Å². The first-order valence-electron chi connectivity index (χ1n) is 9.33. The minimum atomic E-state index is -0.288. The summed E-state index contributed by atoms with van der Waals surface area (Å²) in [4.78, 5) is 26.9. The average molecular weight is 476 g/mol. The number of nitrogens with zero attached hydrogens (tertiary/aromatic N) is 1. The van der Waals surface area contributed by atoms with Gasteiger partial charge in [-0.15, -0.1) is 0 Å². The molecule has 0 unspecified atom stereocenters. The van der Waals surface area contributed by atoms with Crippen LogP contribution in [0.1, 0.15) is 30.5 Å². The molecule has 1 fully saturated rings. The maximum absolute atomic E-state index is 12.8. The van der Waals surface area contributed by atoms with Crippen molar-refractivity contribution in [2.75, 3.05) is 13.2 Å². The monoisotopic (exact) mass is 475 g/mol. The van der Waals surface area contributed by atoms with Crippen LogP contribution in [-0.4, -0.2) is 29.3 Å². The van der Waals surface area contributed by atoms with Gasteiger partial charge in [-0.1, -0.05) is 29.8 Å². The lowest BCUT2D eigenvalue weighted by Gasteiger charge is -2.14. The third-order valence-corrected chi connectivity index (χ3v) is 5.71. The summed E-state index contributed by atoms with van der Waals surface area (Å²) < 4.78 is 12.1. The van der Waals surface area contributed by atoms with E-state index in [9.17, 15) is 9.59 Å². The number of benzene rings is 2. The number of carbonyl (C=O) groups excluding carboxylic acids is 2. The molecule has 7 heteroatoms. The Morgan fingerprint density at radius 3 is 2.55 bits per heavy atom. The van der Waals surface area contributed by atoms with E-state index in [0.29, 0.717) is 29.6 Å². The Bertz CT molecular complexity index is 973. The molecule has 0 saturated carbocycles. The van der Waals surface area contributed by atoms with E-state index in [2.05, 4.69) is 15.9 Å². The summed E-state index contributed by atoms with van der Waals surface area (Å²) in [5, 5.41) is -0.266. The number of thioether (sulfide) groups is 1. The summed E-state index contributed by atoms with van der Waals surface area (Å²) in [6.07, 6.45) is 1.71. The van der Waals surface area contributed by atoms with E-state index < -0.39 is 0 Å². The van der Waals surface area contributed by atoms with Crippen molar-refractivity contribution in [1.82, 2.24) is 4.90 Å². The molecule has 0 bridgehead atoms. The highest BCUT2D eigenvalue weighted by Crippen LogP contribution is 2.39. The fourth-order valence-corrected chi connectivity index (χ4v) is 4.41. The SMILES string of the molecule is CCOc1cc(/C=C2/SC(=O)N(Cc3cccc(C)c3)C2=O)cc(Br)c1OCC. The molecular formula is C22H22BrNO4S. The Kier molecular flexibility index (Phi) is 7.03. The highest BCUT2D eigenvalue weighted by atomic mass is 79.9. The number of halogens is 1. The fraction of sp³-hybridized carbons (Fsp3) is 0.273. The third-order valence-electron chi connectivity index (χ3n) is 4.21. The predicted molar refractivity (Wildman–Crippen MR) is 119 cm³/mol. The highest BCUT2D eigenvalue weighted by molar-refractivity contribution is 9.10. The predicted octanol–water partition coefficient (Wildman–Crippen LogP) is 5.79. The van der Waals surface area contributed by atoms with Gasteiger partial charge in [-0.05, 0) is 77.8 Å². The van der Waals surface area contributed by atoms with Crippen LogP contribution in [0.15, 0.2) is 45.8 Å². The molecule has 0 aromatic heterocycles. The van der Waals surface area contributed by atoms with Gasteiger partial charge in [0.05, 0.1) is 29.1 Å². The first kappa shape index (κ1) is 21.5. The maximum Gasteiger partial charge on any atom is 0.293 e. The van der Waals surface area contributed by atoms with Crippen molar-refractivity contribution in [3.05, 3.63) is 62.5 Å². The first-order valence-corrected chi connectivity index (χ1v) is 10.9. The zero-order valence-corrected chi connectivity index (χ0v) is 18.9. The van der Waals surface area contributed by atoms with Crippen molar-refractivity contribution in [3.63, 3.8) is 0 Å². The molecule has 0 aliphatic carbocycles.